The zero-order valence-electron chi connectivity index (χ0n) is 13.5. The summed E-state index contributed by atoms with van der Waals surface area (Å²) in [5.74, 6) is -0.481. The highest BCUT2D eigenvalue weighted by atomic mass is 32.2. The van der Waals surface area contributed by atoms with Gasteiger partial charge in [0.2, 0.25) is 15.3 Å². The third-order valence-corrected chi connectivity index (χ3v) is 7.61. The summed E-state index contributed by atoms with van der Waals surface area (Å²) in [6, 6.07) is 7.41. The monoisotopic (exact) mass is 379 g/mol. The number of ether oxygens (including phenoxy) is 2. The Kier molecular flexibility index (Phi) is 4.05. The van der Waals surface area contributed by atoms with Gasteiger partial charge in [0.25, 0.3) is 0 Å². The predicted molar refractivity (Wildman–Crippen MR) is 92.6 cm³/mol. The standard InChI is InChI=1S/C17H17NO5S2/c1-22-10-2-4-11(5-3-10)25(20,21)17-14-12-7-9-24-13(12)6-8-18-15(14)16(19)23-17/h2-5,7,9,14-15,17-18H,6,8H2,1H3. The number of hydrogen-bond donors (Lipinski definition) is 1. The van der Waals surface area contributed by atoms with Crippen molar-refractivity contribution in [3.63, 3.8) is 0 Å². The van der Waals surface area contributed by atoms with Gasteiger partial charge < -0.3 is 14.8 Å². The summed E-state index contributed by atoms with van der Waals surface area (Å²) in [7, 11) is -2.32. The number of thiophene rings is 1. The summed E-state index contributed by atoms with van der Waals surface area (Å²) in [6.07, 6.45) is 0.780. The first-order valence-corrected chi connectivity index (χ1v) is 10.3. The molecule has 0 amide bonds. The first-order chi connectivity index (χ1) is 12.0. The second-order valence-electron chi connectivity index (χ2n) is 6.03. The number of carbonyl (C=O) groups is 1. The molecular weight excluding hydrogens is 362 g/mol. The zero-order chi connectivity index (χ0) is 17.6. The molecule has 2 aliphatic heterocycles. The van der Waals surface area contributed by atoms with E-state index in [0.29, 0.717) is 12.3 Å². The van der Waals surface area contributed by atoms with Crippen molar-refractivity contribution >= 4 is 27.1 Å². The van der Waals surface area contributed by atoms with E-state index in [-0.39, 0.29) is 4.90 Å². The molecule has 6 nitrogen and oxygen atoms in total. The van der Waals surface area contributed by atoms with Gasteiger partial charge in [-0.05, 0) is 47.7 Å². The minimum absolute atomic E-state index is 0.118. The van der Waals surface area contributed by atoms with Crippen molar-refractivity contribution < 1.29 is 22.7 Å². The highest BCUT2D eigenvalue weighted by molar-refractivity contribution is 7.92. The van der Waals surface area contributed by atoms with Crippen molar-refractivity contribution in [1.29, 1.82) is 0 Å². The van der Waals surface area contributed by atoms with Crippen molar-refractivity contribution in [1.82, 2.24) is 5.32 Å². The molecule has 1 saturated heterocycles. The number of sulfone groups is 1. The number of carbonyl (C=O) groups excluding carboxylic acids is 1. The number of fused-ring (bicyclic) bond motifs is 3. The van der Waals surface area contributed by atoms with E-state index in [2.05, 4.69) is 5.32 Å². The lowest BCUT2D eigenvalue weighted by molar-refractivity contribution is -0.140. The van der Waals surface area contributed by atoms with Crippen molar-refractivity contribution in [3.8, 4) is 5.75 Å². The highest BCUT2D eigenvalue weighted by Crippen LogP contribution is 2.42. The molecule has 1 N–H and O–H groups in total. The van der Waals surface area contributed by atoms with E-state index in [1.54, 1.807) is 23.5 Å². The van der Waals surface area contributed by atoms with E-state index in [0.717, 1.165) is 16.9 Å². The van der Waals surface area contributed by atoms with Gasteiger partial charge in [0.1, 0.15) is 11.8 Å². The molecule has 2 aliphatic rings. The molecule has 0 saturated carbocycles. The van der Waals surface area contributed by atoms with E-state index < -0.39 is 33.2 Å². The fraction of sp³-hybridized carbons (Fsp3) is 0.353. The number of esters is 1. The van der Waals surface area contributed by atoms with Gasteiger partial charge in [-0.2, -0.15) is 0 Å². The van der Waals surface area contributed by atoms with Crippen LogP contribution in [-0.4, -0.2) is 39.5 Å². The third kappa shape index (κ3) is 2.65. The van der Waals surface area contributed by atoms with Crippen LogP contribution in [0.5, 0.6) is 5.75 Å². The smallest absolute Gasteiger partial charge is 0.325 e. The van der Waals surface area contributed by atoms with Crippen molar-refractivity contribution in [3.05, 3.63) is 46.2 Å². The molecule has 1 fully saturated rings. The van der Waals surface area contributed by atoms with Gasteiger partial charge in [-0.25, -0.2) is 8.42 Å². The Labute approximate surface area is 149 Å². The number of nitrogens with one attached hydrogen (secondary N) is 1. The largest absolute Gasteiger partial charge is 0.497 e. The summed E-state index contributed by atoms with van der Waals surface area (Å²) in [6.45, 7) is 0.624. The molecule has 0 aliphatic carbocycles. The Morgan fingerprint density at radius 1 is 1.24 bits per heavy atom. The van der Waals surface area contributed by atoms with Gasteiger partial charge in [0, 0.05) is 11.4 Å². The average molecular weight is 379 g/mol. The van der Waals surface area contributed by atoms with Gasteiger partial charge in [-0.15, -0.1) is 11.3 Å². The highest BCUT2D eigenvalue weighted by Gasteiger charge is 2.53. The molecule has 0 spiro atoms. The lowest BCUT2D eigenvalue weighted by atomic mass is 9.95. The fourth-order valence-corrected chi connectivity index (χ4v) is 6.08. The minimum Gasteiger partial charge on any atom is -0.497 e. The quantitative estimate of drug-likeness (QED) is 0.818. The lowest BCUT2D eigenvalue weighted by Crippen LogP contribution is -2.38. The van der Waals surface area contributed by atoms with Crippen LogP contribution in [0.25, 0.3) is 0 Å². The normalized spacial score (nSPS) is 25.6. The Bertz CT molecular complexity index is 903. The molecule has 3 heterocycles. The summed E-state index contributed by atoms with van der Waals surface area (Å²) >= 11 is 1.58. The maximum atomic E-state index is 13.1. The average Bonchev–Trinajstić information content (AvgIpc) is 3.15. The van der Waals surface area contributed by atoms with Gasteiger partial charge >= 0.3 is 5.97 Å². The van der Waals surface area contributed by atoms with Crippen molar-refractivity contribution in [2.45, 2.75) is 28.7 Å². The van der Waals surface area contributed by atoms with Crippen molar-refractivity contribution in [2.75, 3.05) is 13.7 Å². The van der Waals surface area contributed by atoms with Crippen LogP contribution >= 0.6 is 11.3 Å². The Morgan fingerprint density at radius 3 is 2.72 bits per heavy atom. The topological polar surface area (TPSA) is 81.7 Å². The minimum atomic E-state index is -3.84. The summed E-state index contributed by atoms with van der Waals surface area (Å²) in [4.78, 5) is 13.5. The molecule has 8 heteroatoms. The first kappa shape index (κ1) is 16.6. The maximum absolute atomic E-state index is 13.1. The second-order valence-corrected chi connectivity index (χ2v) is 9.06. The summed E-state index contributed by atoms with van der Waals surface area (Å²) in [5, 5.41) is 5.08. The summed E-state index contributed by atoms with van der Waals surface area (Å²) in [5.41, 5.74) is -0.328. The van der Waals surface area contributed by atoms with Gasteiger partial charge in [-0.1, -0.05) is 0 Å². The Hall–Kier alpha value is -1.90. The molecule has 132 valence electrons. The Balaban J connectivity index is 1.78. The van der Waals surface area contributed by atoms with Crippen LogP contribution in [0.1, 0.15) is 16.4 Å². The summed E-state index contributed by atoms with van der Waals surface area (Å²) < 4.78 is 36.7. The van der Waals surface area contributed by atoms with Crippen LogP contribution < -0.4 is 10.1 Å². The maximum Gasteiger partial charge on any atom is 0.325 e. The van der Waals surface area contributed by atoms with E-state index >= 15 is 0 Å². The third-order valence-electron chi connectivity index (χ3n) is 4.69. The van der Waals surface area contributed by atoms with Crippen molar-refractivity contribution in [2.24, 2.45) is 0 Å². The van der Waals surface area contributed by atoms with Crippen LogP contribution in [0, 0.1) is 0 Å². The fourth-order valence-electron chi connectivity index (χ4n) is 3.45. The number of cyclic esters (lactones) is 1. The van der Waals surface area contributed by atoms with E-state index in [4.69, 9.17) is 9.47 Å². The number of methoxy groups -OCH3 is 1. The Morgan fingerprint density at radius 2 is 2.00 bits per heavy atom. The van der Waals surface area contributed by atoms with E-state index in [9.17, 15) is 13.2 Å². The molecule has 25 heavy (non-hydrogen) atoms. The van der Waals surface area contributed by atoms with E-state index in [1.165, 1.54) is 19.2 Å². The predicted octanol–water partition coefficient (Wildman–Crippen LogP) is 1.71. The molecular formula is C17H17NO5S2. The number of rotatable bonds is 3. The van der Waals surface area contributed by atoms with Crippen LogP contribution in [0.2, 0.25) is 0 Å². The van der Waals surface area contributed by atoms with Gasteiger partial charge in [-0.3, -0.25) is 4.79 Å². The molecule has 1 aromatic carbocycles. The molecule has 0 bridgehead atoms. The van der Waals surface area contributed by atoms with Crippen LogP contribution in [0.3, 0.4) is 0 Å². The molecule has 0 radical (unpaired) electrons. The zero-order valence-corrected chi connectivity index (χ0v) is 15.1. The van der Waals surface area contributed by atoms with E-state index in [1.807, 2.05) is 11.4 Å². The molecule has 3 atom stereocenters. The SMILES string of the molecule is COc1ccc(S(=O)(=O)C2OC(=O)C3NCCc4sccc4C32)cc1. The van der Waals surface area contributed by atoms with Crippen LogP contribution in [0.4, 0.5) is 0 Å². The first-order valence-electron chi connectivity index (χ1n) is 7.90. The van der Waals surface area contributed by atoms with Crippen LogP contribution in [0.15, 0.2) is 40.6 Å². The second kappa shape index (κ2) is 6.12. The van der Waals surface area contributed by atoms with Gasteiger partial charge in [0.15, 0.2) is 0 Å². The lowest BCUT2D eigenvalue weighted by Gasteiger charge is -2.20. The molecule has 1 aromatic heterocycles. The molecule has 3 unspecified atom stereocenters. The molecule has 2 aromatic rings. The van der Waals surface area contributed by atoms with Gasteiger partial charge in [0.05, 0.1) is 17.9 Å². The molecule has 4 rings (SSSR count). The van der Waals surface area contributed by atoms with Crippen LogP contribution in [-0.2, 0) is 25.8 Å². The number of hydrogen-bond acceptors (Lipinski definition) is 7. The number of benzene rings is 1.